The van der Waals surface area contributed by atoms with Gasteiger partial charge in [-0.1, -0.05) is 44.2 Å². The van der Waals surface area contributed by atoms with Crippen LogP contribution in [0.15, 0.2) is 48.7 Å². The van der Waals surface area contributed by atoms with Crippen molar-refractivity contribution in [2.75, 3.05) is 0 Å². The molecule has 0 saturated carbocycles. The normalized spacial score (nSPS) is 12.3. The van der Waals surface area contributed by atoms with Crippen molar-refractivity contribution in [3.63, 3.8) is 0 Å². The monoisotopic (exact) mass is 365 g/mol. The third-order valence-electron chi connectivity index (χ3n) is 4.25. The first-order valence-electron chi connectivity index (χ1n) is 8.91. The Morgan fingerprint density at radius 3 is 2.56 bits per heavy atom. The molecule has 3 rings (SSSR count). The Hall–Kier alpha value is -3.22. The SMILES string of the molecule is CC(C)C[C@H](NC(=O)c1nn(Cc2ccccc2)c2ncccc12)C(N)=O. The number of fused-ring (bicyclic) bond motifs is 1. The summed E-state index contributed by atoms with van der Waals surface area (Å²) in [6, 6.07) is 12.6. The van der Waals surface area contributed by atoms with E-state index in [0.717, 1.165) is 5.56 Å². The van der Waals surface area contributed by atoms with Gasteiger partial charge < -0.3 is 11.1 Å². The van der Waals surface area contributed by atoms with Gasteiger partial charge in [-0.2, -0.15) is 5.10 Å². The summed E-state index contributed by atoms with van der Waals surface area (Å²) < 4.78 is 1.70. The van der Waals surface area contributed by atoms with Gasteiger partial charge in [0.1, 0.15) is 6.04 Å². The Morgan fingerprint density at radius 2 is 1.89 bits per heavy atom. The fourth-order valence-corrected chi connectivity index (χ4v) is 2.99. The average molecular weight is 365 g/mol. The Bertz CT molecular complexity index is 949. The summed E-state index contributed by atoms with van der Waals surface area (Å²) >= 11 is 0. The van der Waals surface area contributed by atoms with Crippen LogP contribution in [-0.2, 0) is 11.3 Å². The first-order valence-corrected chi connectivity index (χ1v) is 8.91. The number of nitrogens with two attached hydrogens (primary N) is 1. The predicted octanol–water partition coefficient (Wildman–Crippen LogP) is 2.11. The lowest BCUT2D eigenvalue weighted by Gasteiger charge is -2.16. The van der Waals surface area contributed by atoms with E-state index in [1.165, 1.54) is 0 Å². The maximum Gasteiger partial charge on any atom is 0.273 e. The summed E-state index contributed by atoms with van der Waals surface area (Å²) in [4.78, 5) is 28.9. The number of primary amides is 1. The smallest absolute Gasteiger partial charge is 0.273 e. The van der Waals surface area contributed by atoms with Crippen molar-refractivity contribution in [3.8, 4) is 0 Å². The van der Waals surface area contributed by atoms with E-state index < -0.39 is 17.9 Å². The topological polar surface area (TPSA) is 103 Å². The summed E-state index contributed by atoms with van der Waals surface area (Å²) in [5.74, 6) is -0.760. The second kappa shape index (κ2) is 7.99. The lowest BCUT2D eigenvalue weighted by Crippen LogP contribution is -2.45. The van der Waals surface area contributed by atoms with Crippen molar-refractivity contribution in [1.82, 2.24) is 20.1 Å². The van der Waals surface area contributed by atoms with Gasteiger partial charge in [-0.05, 0) is 30.0 Å². The van der Waals surface area contributed by atoms with Gasteiger partial charge in [0.2, 0.25) is 5.91 Å². The summed E-state index contributed by atoms with van der Waals surface area (Å²) in [6.45, 7) is 4.43. The largest absolute Gasteiger partial charge is 0.368 e. The van der Waals surface area contributed by atoms with Crippen LogP contribution in [0.4, 0.5) is 0 Å². The maximum atomic E-state index is 12.8. The minimum atomic E-state index is -0.733. The van der Waals surface area contributed by atoms with E-state index in [0.29, 0.717) is 24.0 Å². The van der Waals surface area contributed by atoms with E-state index in [-0.39, 0.29) is 11.6 Å². The molecule has 1 atom stereocenters. The Balaban J connectivity index is 1.92. The van der Waals surface area contributed by atoms with Crippen LogP contribution in [0.5, 0.6) is 0 Å². The van der Waals surface area contributed by atoms with Crippen LogP contribution in [0.25, 0.3) is 11.0 Å². The third kappa shape index (κ3) is 4.31. The Labute approximate surface area is 157 Å². The molecule has 7 nitrogen and oxygen atoms in total. The van der Waals surface area contributed by atoms with Crippen molar-refractivity contribution in [1.29, 1.82) is 0 Å². The minimum Gasteiger partial charge on any atom is -0.368 e. The number of benzene rings is 1. The molecule has 0 spiro atoms. The van der Waals surface area contributed by atoms with Gasteiger partial charge in [-0.25, -0.2) is 9.67 Å². The molecule has 0 bridgehead atoms. The van der Waals surface area contributed by atoms with E-state index in [9.17, 15) is 9.59 Å². The minimum absolute atomic E-state index is 0.219. The summed E-state index contributed by atoms with van der Waals surface area (Å²) in [5.41, 5.74) is 7.35. The van der Waals surface area contributed by atoms with Crippen LogP contribution in [0.2, 0.25) is 0 Å². The molecule has 2 aromatic heterocycles. The number of hydrogen-bond acceptors (Lipinski definition) is 4. The Kier molecular flexibility index (Phi) is 5.49. The maximum absolute atomic E-state index is 12.8. The molecule has 2 heterocycles. The van der Waals surface area contributed by atoms with Gasteiger partial charge in [-0.15, -0.1) is 0 Å². The standard InChI is InChI=1S/C20H23N5O2/c1-13(2)11-16(18(21)26)23-20(27)17-15-9-6-10-22-19(15)25(24-17)12-14-7-4-3-5-8-14/h3-10,13,16H,11-12H2,1-2H3,(H2,21,26)(H,23,27)/t16-/m0/s1. The molecule has 1 aromatic carbocycles. The number of amides is 2. The molecular formula is C20H23N5O2. The highest BCUT2D eigenvalue weighted by atomic mass is 16.2. The molecule has 2 amide bonds. The number of nitrogens with zero attached hydrogens (tertiary/aromatic N) is 3. The molecule has 0 aliphatic rings. The number of pyridine rings is 1. The molecule has 7 heteroatoms. The van der Waals surface area contributed by atoms with Crippen molar-refractivity contribution in [3.05, 3.63) is 59.9 Å². The zero-order valence-corrected chi connectivity index (χ0v) is 15.4. The lowest BCUT2D eigenvalue weighted by atomic mass is 10.0. The molecule has 0 aliphatic heterocycles. The molecule has 27 heavy (non-hydrogen) atoms. The fourth-order valence-electron chi connectivity index (χ4n) is 2.99. The van der Waals surface area contributed by atoms with Crippen LogP contribution in [0.3, 0.4) is 0 Å². The summed E-state index contributed by atoms with van der Waals surface area (Å²) in [5, 5.41) is 7.82. The van der Waals surface area contributed by atoms with Gasteiger partial charge in [0.25, 0.3) is 5.91 Å². The highest BCUT2D eigenvalue weighted by molar-refractivity contribution is 6.05. The Morgan fingerprint density at radius 1 is 1.15 bits per heavy atom. The van der Waals surface area contributed by atoms with Crippen molar-refractivity contribution in [2.24, 2.45) is 11.7 Å². The number of carbonyl (C=O) groups excluding carboxylic acids is 2. The lowest BCUT2D eigenvalue weighted by molar-refractivity contribution is -0.120. The van der Waals surface area contributed by atoms with E-state index in [2.05, 4.69) is 15.4 Å². The van der Waals surface area contributed by atoms with Gasteiger partial charge in [0.15, 0.2) is 11.3 Å². The molecule has 0 fully saturated rings. The second-order valence-corrected chi connectivity index (χ2v) is 6.92. The zero-order valence-electron chi connectivity index (χ0n) is 15.4. The van der Waals surface area contributed by atoms with Crippen LogP contribution in [0, 0.1) is 5.92 Å². The molecule has 0 radical (unpaired) electrons. The zero-order chi connectivity index (χ0) is 19.4. The molecule has 0 saturated heterocycles. The molecule has 0 unspecified atom stereocenters. The summed E-state index contributed by atoms with van der Waals surface area (Å²) in [6.07, 6.45) is 2.14. The van der Waals surface area contributed by atoms with Gasteiger partial charge in [0, 0.05) is 6.20 Å². The van der Waals surface area contributed by atoms with Crippen molar-refractivity contribution >= 4 is 22.8 Å². The number of nitrogens with one attached hydrogen (secondary N) is 1. The molecule has 3 N–H and O–H groups in total. The van der Waals surface area contributed by atoms with Gasteiger partial charge >= 0.3 is 0 Å². The van der Waals surface area contributed by atoms with Gasteiger partial charge in [0.05, 0.1) is 11.9 Å². The van der Waals surface area contributed by atoms with Crippen LogP contribution in [0.1, 0.15) is 36.3 Å². The average Bonchev–Trinajstić information content (AvgIpc) is 3.00. The number of rotatable bonds is 7. The van der Waals surface area contributed by atoms with E-state index in [1.807, 2.05) is 44.2 Å². The number of hydrogen-bond donors (Lipinski definition) is 2. The van der Waals surface area contributed by atoms with E-state index in [1.54, 1.807) is 23.0 Å². The third-order valence-corrected chi connectivity index (χ3v) is 4.25. The van der Waals surface area contributed by atoms with E-state index in [4.69, 9.17) is 5.73 Å². The number of carbonyl (C=O) groups is 2. The van der Waals surface area contributed by atoms with E-state index >= 15 is 0 Å². The van der Waals surface area contributed by atoms with Crippen molar-refractivity contribution < 1.29 is 9.59 Å². The van der Waals surface area contributed by atoms with Crippen LogP contribution < -0.4 is 11.1 Å². The fraction of sp³-hybridized carbons (Fsp3) is 0.300. The van der Waals surface area contributed by atoms with Crippen molar-refractivity contribution in [2.45, 2.75) is 32.9 Å². The number of aromatic nitrogens is 3. The highest BCUT2D eigenvalue weighted by Crippen LogP contribution is 2.18. The predicted molar refractivity (Wildman–Crippen MR) is 103 cm³/mol. The second-order valence-electron chi connectivity index (χ2n) is 6.92. The first kappa shape index (κ1) is 18.6. The molecular weight excluding hydrogens is 342 g/mol. The molecule has 0 aliphatic carbocycles. The highest BCUT2D eigenvalue weighted by Gasteiger charge is 2.24. The van der Waals surface area contributed by atoms with Crippen LogP contribution in [-0.4, -0.2) is 32.6 Å². The molecule has 140 valence electrons. The quantitative estimate of drug-likeness (QED) is 0.669. The van der Waals surface area contributed by atoms with Gasteiger partial charge in [-0.3, -0.25) is 9.59 Å². The summed E-state index contributed by atoms with van der Waals surface area (Å²) in [7, 11) is 0. The molecule has 3 aromatic rings. The van der Waals surface area contributed by atoms with Crippen LogP contribution >= 0.6 is 0 Å². The first-order chi connectivity index (χ1) is 13.0.